The summed E-state index contributed by atoms with van der Waals surface area (Å²) in [5, 5.41) is 0. The Morgan fingerprint density at radius 1 is 1.29 bits per heavy atom. The molecule has 0 unspecified atom stereocenters. The van der Waals surface area contributed by atoms with Gasteiger partial charge in [0.15, 0.2) is 5.78 Å². The first kappa shape index (κ1) is 13.8. The number of Topliss-reactive ketones (excluding diaryl/α,β-unsaturated/α-hetero) is 1. The first-order chi connectivity index (χ1) is 8.09. The molecule has 0 amide bonds. The minimum atomic E-state index is -0.334. The molecule has 17 heavy (non-hydrogen) atoms. The van der Waals surface area contributed by atoms with E-state index in [1.54, 1.807) is 0 Å². The Labute approximate surface area is 102 Å². The molecule has 0 radical (unpaired) electrons. The summed E-state index contributed by atoms with van der Waals surface area (Å²) in [6.45, 7) is 4.99. The summed E-state index contributed by atoms with van der Waals surface area (Å²) in [6, 6.07) is 5.53. The van der Waals surface area contributed by atoms with E-state index >= 15 is 0 Å². The highest BCUT2D eigenvalue weighted by atomic mass is 19.1. The van der Waals surface area contributed by atoms with E-state index in [4.69, 9.17) is 4.74 Å². The number of hydrogen-bond acceptors (Lipinski definition) is 2. The third-order valence-corrected chi connectivity index (χ3v) is 2.47. The van der Waals surface area contributed by atoms with Crippen molar-refractivity contribution in [1.29, 1.82) is 0 Å². The average Bonchev–Trinajstić information content (AvgIpc) is 2.29. The van der Waals surface area contributed by atoms with Crippen LogP contribution in [0.1, 0.15) is 37.0 Å². The first-order valence-electron chi connectivity index (χ1n) is 5.96. The molecule has 0 spiro atoms. The topological polar surface area (TPSA) is 26.3 Å². The van der Waals surface area contributed by atoms with E-state index in [-0.39, 0.29) is 18.2 Å². The van der Waals surface area contributed by atoms with Crippen LogP contribution in [-0.4, -0.2) is 19.0 Å². The molecular formula is C14H19FO2. The summed E-state index contributed by atoms with van der Waals surface area (Å²) in [7, 11) is 0. The monoisotopic (exact) mass is 238 g/mol. The van der Waals surface area contributed by atoms with Gasteiger partial charge in [-0.3, -0.25) is 4.79 Å². The standard InChI is InChI=1S/C14H19FO2/c1-11(2)4-3-9-17-10-14(16)12-5-7-13(15)8-6-12/h5-8,11H,3-4,9-10H2,1-2H3. The molecule has 0 saturated carbocycles. The summed E-state index contributed by atoms with van der Waals surface area (Å²) >= 11 is 0. The van der Waals surface area contributed by atoms with Crippen LogP contribution in [0.5, 0.6) is 0 Å². The number of hydrogen-bond donors (Lipinski definition) is 0. The second-order valence-corrected chi connectivity index (χ2v) is 4.52. The Morgan fingerprint density at radius 2 is 1.94 bits per heavy atom. The molecule has 0 fully saturated rings. The van der Waals surface area contributed by atoms with E-state index in [9.17, 15) is 9.18 Å². The van der Waals surface area contributed by atoms with Gasteiger partial charge in [0.2, 0.25) is 0 Å². The van der Waals surface area contributed by atoms with E-state index in [1.165, 1.54) is 24.3 Å². The Bertz CT molecular complexity index is 344. The molecule has 0 heterocycles. The highest BCUT2D eigenvalue weighted by Crippen LogP contribution is 2.05. The van der Waals surface area contributed by atoms with Gasteiger partial charge in [-0.25, -0.2) is 4.39 Å². The summed E-state index contributed by atoms with van der Waals surface area (Å²) in [6.07, 6.45) is 2.07. The van der Waals surface area contributed by atoms with E-state index in [1.807, 2.05) is 0 Å². The van der Waals surface area contributed by atoms with Crippen molar-refractivity contribution in [2.45, 2.75) is 26.7 Å². The van der Waals surface area contributed by atoms with Gasteiger partial charge < -0.3 is 4.74 Å². The van der Waals surface area contributed by atoms with Gasteiger partial charge >= 0.3 is 0 Å². The van der Waals surface area contributed by atoms with Crippen LogP contribution in [0.4, 0.5) is 4.39 Å². The third kappa shape index (κ3) is 5.59. The Kier molecular flexibility index (Phi) is 5.84. The van der Waals surface area contributed by atoms with Crippen LogP contribution in [-0.2, 0) is 4.74 Å². The highest BCUT2D eigenvalue weighted by molar-refractivity contribution is 5.96. The van der Waals surface area contributed by atoms with Crippen LogP contribution in [0, 0.1) is 11.7 Å². The number of ketones is 1. The Morgan fingerprint density at radius 3 is 2.53 bits per heavy atom. The van der Waals surface area contributed by atoms with Crippen molar-refractivity contribution in [1.82, 2.24) is 0 Å². The molecule has 0 bridgehead atoms. The Balaban J connectivity index is 2.23. The number of carbonyl (C=O) groups is 1. The van der Waals surface area contributed by atoms with Crippen molar-refractivity contribution in [3.05, 3.63) is 35.6 Å². The lowest BCUT2D eigenvalue weighted by Crippen LogP contribution is -2.10. The smallest absolute Gasteiger partial charge is 0.188 e. The summed E-state index contributed by atoms with van der Waals surface area (Å²) in [4.78, 5) is 11.6. The fourth-order valence-electron chi connectivity index (χ4n) is 1.48. The van der Waals surface area contributed by atoms with Gasteiger partial charge in [-0.05, 0) is 43.0 Å². The van der Waals surface area contributed by atoms with Crippen LogP contribution >= 0.6 is 0 Å². The number of halogens is 1. The van der Waals surface area contributed by atoms with E-state index in [0.717, 1.165) is 12.8 Å². The number of rotatable bonds is 7. The van der Waals surface area contributed by atoms with Crippen molar-refractivity contribution in [2.75, 3.05) is 13.2 Å². The molecule has 3 heteroatoms. The van der Waals surface area contributed by atoms with E-state index < -0.39 is 0 Å². The Hall–Kier alpha value is -1.22. The quantitative estimate of drug-likeness (QED) is 0.537. The maximum absolute atomic E-state index is 12.6. The minimum Gasteiger partial charge on any atom is -0.373 e. The molecule has 0 atom stereocenters. The average molecular weight is 238 g/mol. The number of benzene rings is 1. The summed E-state index contributed by atoms with van der Waals surface area (Å²) in [5.74, 6) is 0.223. The van der Waals surface area contributed by atoms with Gasteiger partial charge in [-0.15, -0.1) is 0 Å². The van der Waals surface area contributed by atoms with Crippen molar-refractivity contribution < 1.29 is 13.9 Å². The van der Waals surface area contributed by atoms with Crippen molar-refractivity contribution in [2.24, 2.45) is 5.92 Å². The van der Waals surface area contributed by atoms with Gasteiger partial charge in [0.25, 0.3) is 0 Å². The molecule has 94 valence electrons. The number of ether oxygens (including phenoxy) is 1. The molecule has 0 N–H and O–H groups in total. The first-order valence-corrected chi connectivity index (χ1v) is 5.96. The molecule has 0 aromatic heterocycles. The van der Waals surface area contributed by atoms with Crippen molar-refractivity contribution in [3.8, 4) is 0 Å². The molecule has 2 nitrogen and oxygen atoms in total. The lowest BCUT2D eigenvalue weighted by Gasteiger charge is -2.05. The molecule has 0 aliphatic rings. The zero-order chi connectivity index (χ0) is 12.7. The van der Waals surface area contributed by atoms with Gasteiger partial charge in [-0.2, -0.15) is 0 Å². The lowest BCUT2D eigenvalue weighted by molar-refractivity contribution is 0.0749. The maximum atomic E-state index is 12.6. The van der Waals surface area contributed by atoms with Gasteiger partial charge in [0.1, 0.15) is 12.4 Å². The van der Waals surface area contributed by atoms with Crippen LogP contribution in [0.2, 0.25) is 0 Å². The molecule has 1 aromatic rings. The largest absolute Gasteiger partial charge is 0.373 e. The second kappa shape index (κ2) is 7.17. The summed E-state index contributed by atoms with van der Waals surface area (Å²) < 4.78 is 17.9. The fourth-order valence-corrected chi connectivity index (χ4v) is 1.48. The predicted molar refractivity (Wildman–Crippen MR) is 65.6 cm³/mol. The molecule has 0 aliphatic carbocycles. The highest BCUT2D eigenvalue weighted by Gasteiger charge is 2.05. The maximum Gasteiger partial charge on any atom is 0.188 e. The van der Waals surface area contributed by atoms with Gasteiger partial charge in [0, 0.05) is 12.2 Å². The predicted octanol–water partition coefficient (Wildman–Crippen LogP) is 3.46. The van der Waals surface area contributed by atoms with Crippen LogP contribution < -0.4 is 0 Å². The van der Waals surface area contributed by atoms with Crippen LogP contribution in [0.25, 0.3) is 0 Å². The molecule has 1 aromatic carbocycles. The fraction of sp³-hybridized carbons (Fsp3) is 0.500. The zero-order valence-electron chi connectivity index (χ0n) is 10.4. The lowest BCUT2D eigenvalue weighted by atomic mass is 10.1. The second-order valence-electron chi connectivity index (χ2n) is 4.52. The molecule has 0 aliphatic heterocycles. The zero-order valence-corrected chi connectivity index (χ0v) is 10.4. The van der Waals surface area contributed by atoms with Gasteiger partial charge in [-0.1, -0.05) is 13.8 Å². The molecular weight excluding hydrogens is 219 g/mol. The van der Waals surface area contributed by atoms with Crippen LogP contribution in [0.15, 0.2) is 24.3 Å². The van der Waals surface area contributed by atoms with Crippen LogP contribution in [0.3, 0.4) is 0 Å². The number of carbonyl (C=O) groups excluding carboxylic acids is 1. The third-order valence-electron chi connectivity index (χ3n) is 2.47. The summed E-state index contributed by atoms with van der Waals surface area (Å²) in [5.41, 5.74) is 0.496. The molecule has 1 rings (SSSR count). The molecule has 0 saturated heterocycles. The minimum absolute atomic E-state index is 0.0731. The normalized spacial score (nSPS) is 10.8. The van der Waals surface area contributed by atoms with E-state index in [0.29, 0.717) is 18.1 Å². The van der Waals surface area contributed by atoms with Gasteiger partial charge in [0.05, 0.1) is 0 Å². The SMILES string of the molecule is CC(C)CCCOCC(=O)c1ccc(F)cc1. The van der Waals surface area contributed by atoms with E-state index in [2.05, 4.69) is 13.8 Å². The van der Waals surface area contributed by atoms with Crippen molar-refractivity contribution >= 4 is 5.78 Å². The van der Waals surface area contributed by atoms with Crippen molar-refractivity contribution in [3.63, 3.8) is 0 Å².